The van der Waals surface area contributed by atoms with E-state index in [1.165, 1.54) is 0 Å². The number of amides is 1. The second-order valence-corrected chi connectivity index (χ2v) is 2.63. The molecule has 8 heavy (non-hydrogen) atoms. The van der Waals surface area contributed by atoms with Gasteiger partial charge in [0, 0.05) is 0 Å². The Morgan fingerprint density at radius 2 is 2.00 bits per heavy atom. The first kappa shape index (κ1) is 7.73. The van der Waals surface area contributed by atoms with Gasteiger partial charge in [0.05, 0.1) is 0 Å². The molecule has 0 aliphatic heterocycles. The van der Waals surface area contributed by atoms with Gasteiger partial charge in [0.25, 0.3) is 10.0 Å². The summed E-state index contributed by atoms with van der Waals surface area (Å²) in [5.41, 5.74) is 0. The van der Waals surface area contributed by atoms with Crippen LogP contribution in [0.25, 0.3) is 0 Å². The molecule has 1 amide bonds. The molecule has 0 aliphatic carbocycles. The number of primary sulfonamides is 1. The molecule has 0 radical (unpaired) electrons. The van der Waals surface area contributed by atoms with Gasteiger partial charge >= 0.3 is 5.24 Å². The predicted molar refractivity (Wildman–Crippen MR) is 30.6 cm³/mol. The van der Waals surface area contributed by atoms with Gasteiger partial charge in [0.2, 0.25) is 0 Å². The summed E-state index contributed by atoms with van der Waals surface area (Å²) < 4.78 is 21.3. The Hall–Kier alpha value is -0.270. The van der Waals surface area contributed by atoms with Crippen molar-refractivity contribution in [2.24, 2.45) is 5.14 Å². The number of nitrogens with one attached hydrogen (secondary N) is 1. The predicted octanol–water partition coefficient (Wildman–Crippen LogP) is -1.17. The lowest BCUT2D eigenvalue weighted by atomic mass is 11.5. The van der Waals surface area contributed by atoms with Crippen LogP contribution >= 0.6 is 12.8 Å². The highest BCUT2D eigenvalue weighted by Crippen LogP contribution is 1.78. The highest BCUT2D eigenvalue weighted by Gasteiger charge is 2.12. The van der Waals surface area contributed by atoms with E-state index in [1.54, 1.807) is 4.72 Å². The number of carbonyl (C=O) groups is 1. The van der Waals surface area contributed by atoms with Crippen LogP contribution in [0.3, 0.4) is 0 Å². The highest BCUT2D eigenvalue weighted by atomic mass is 32.2. The molecule has 0 bridgehead atoms. The first-order valence-electron chi connectivity index (χ1n) is 1.45. The molecule has 0 heterocycles. The van der Waals surface area contributed by atoms with E-state index in [2.05, 4.69) is 18.0 Å². The van der Waals surface area contributed by atoms with Gasteiger partial charge in [-0.3, -0.25) is 9.52 Å². The summed E-state index contributed by atoms with van der Waals surface area (Å²) >= 11 is 3.15. The van der Waals surface area contributed by atoms with Crippen molar-refractivity contribution in [3.63, 3.8) is 0 Å². The summed E-state index contributed by atoms with van der Waals surface area (Å²) in [6.45, 7) is 0. The van der Waals surface area contributed by atoms with E-state index < -0.39 is 15.3 Å². The topological polar surface area (TPSA) is 89.3 Å². The summed E-state index contributed by atoms with van der Waals surface area (Å²) in [6, 6.07) is 0. The van der Waals surface area contributed by atoms with Crippen LogP contribution in [0.4, 0.5) is 4.79 Å². The van der Waals surface area contributed by atoms with Crippen LogP contribution < -0.4 is 9.86 Å². The highest BCUT2D eigenvalue weighted by molar-refractivity contribution is 8.05. The SMILES string of the molecule is NS(=O)(=O)C(=O)NS. The van der Waals surface area contributed by atoms with Crippen LogP contribution in [0, 0.1) is 0 Å². The fourth-order valence-electron chi connectivity index (χ4n) is 0.0636. The maximum absolute atomic E-state index is 9.93. The molecule has 0 unspecified atom stereocenters. The smallest absolute Gasteiger partial charge is 0.288 e. The number of hydrogen-bond donors (Lipinski definition) is 3. The van der Waals surface area contributed by atoms with Gasteiger partial charge in [-0.1, -0.05) is 12.8 Å². The molecule has 5 nitrogen and oxygen atoms in total. The summed E-state index contributed by atoms with van der Waals surface area (Å²) in [4.78, 5) is 9.93. The van der Waals surface area contributed by atoms with Crippen LogP contribution in [-0.2, 0) is 10.0 Å². The van der Waals surface area contributed by atoms with E-state index in [0.29, 0.717) is 0 Å². The molecule has 0 rings (SSSR count). The molecule has 0 aromatic heterocycles. The van der Waals surface area contributed by atoms with Gasteiger partial charge < -0.3 is 0 Å². The quantitative estimate of drug-likeness (QED) is 0.386. The van der Waals surface area contributed by atoms with Crippen molar-refractivity contribution < 1.29 is 13.2 Å². The normalized spacial score (nSPS) is 10.8. The Kier molecular flexibility index (Phi) is 2.26. The van der Waals surface area contributed by atoms with E-state index in [4.69, 9.17) is 0 Å². The van der Waals surface area contributed by atoms with Crippen molar-refractivity contribution in [1.82, 2.24) is 4.72 Å². The lowest BCUT2D eigenvalue weighted by molar-refractivity contribution is 0.263. The second kappa shape index (κ2) is 2.33. The lowest BCUT2D eigenvalue weighted by Crippen LogP contribution is -2.28. The Morgan fingerprint density at radius 3 is 2.00 bits per heavy atom. The molecule has 0 aromatic carbocycles. The minimum absolute atomic E-state index is 1.30. The molecular formula is CH4N2O3S2. The molecule has 48 valence electrons. The van der Waals surface area contributed by atoms with E-state index in [1.807, 2.05) is 0 Å². The van der Waals surface area contributed by atoms with Gasteiger partial charge in [-0.05, 0) is 0 Å². The molecule has 7 heteroatoms. The largest absolute Gasteiger partial charge is 0.360 e. The van der Waals surface area contributed by atoms with E-state index in [9.17, 15) is 13.2 Å². The fourth-order valence-corrected chi connectivity index (χ4v) is 0.573. The van der Waals surface area contributed by atoms with Gasteiger partial charge in [-0.25, -0.2) is 13.6 Å². The van der Waals surface area contributed by atoms with Crippen molar-refractivity contribution >= 4 is 28.1 Å². The first-order valence-corrected chi connectivity index (χ1v) is 3.44. The van der Waals surface area contributed by atoms with E-state index in [-0.39, 0.29) is 0 Å². The van der Waals surface area contributed by atoms with E-state index >= 15 is 0 Å². The fraction of sp³-hybridized carbons (Fsp3) is 0. The monoisotopic (exact) mass is 156 g/mol. The van der Waals surface area contributed by atoms with Crippen molar-refractivity contribution in [2.45, 2.75) is 0 Å². The number of thiol groups is 1. The molecule has 3 N–H and O–H groups in total. The zero-order valence-corrected chi connectivity index (χ0v) is 5.37. The third-order valence-electron chi connectivity index (χ3n) is 0.350. The van der Waals surface area contributed by atoms with Gasteiger partial charge in [0.15, 0.2) is 0 Å². The Morgan fingerprint density at radius 1 is 1.62 bits per heavy atom. The van der Waals surface area contributed by atoms with Crippen LogP contribution in [0.1, 0.15) is 0 Å². The number of sulfonamides is 1. The van der Waals surface area contributed by atoms with Crippen LogP contribution in [0.5, 0.6) is 0 Å². The second-order valence-electron chi connectivity index (χ2n) is 0.944. The first-order chi connectivity index (χ1) is 3.48. The minimum atomic E-state index is -4.08. The molecule has 0 fully saturated rings. The Labute approximate surface area is 51.8 Å². The van der Waals surface area contributed by atoms with Gasteiger partial charge in [-0.15, -0.1) is 0 Å². The van der Waals surface area contributed by atoms with Crippen LogP contribution in [0.2, 0.25) is 0 Å². The molecule has 0 aliphatic rings. The number of hydrogen-bond acceptors (Lipinski definition) is 4. The third-order valence-corrected chi connectivity index (χ3v) is 1.32. The minimum Gasteiger partial charge on any atom is -0.288 e. The number of carbonyl (C=O) groups excluding carboxylic acids is 1. The maximum atomic E-state index is 9.93. The molecule has 0 saturated heterocycles. The average Bonchev–Trinajstić information content (AvgIpc) is 1.62. The van der Waals surface area contributed by atoms with Crippen molar-refractivity contribution in [1.29, 1.82) is 0 Å². The van der Waals surface area contributed by atoms with E-state index in [0.717, 1.165) is 0 Å². The Balaban J connectivity index is 4.29. The number of nitrogens with two attached hydrogens (primary N) is 1. The van der Waals surface area contributed by atoms with Gasteiger partial charge in [0.1, 0.15) is 0 Å². The molecular weight excluding hydrogens is 152 g/mol. The average molecular weight is 156 g/mol. The van der Waals surface area contributed by atoms with Crippen molar-refractivity contribution in [2.75, 3.05) is 0 Å². The Bertz CT molecular complexity index is 181. The molecule has 0 spiro atoms. The van der Waals surface area contributed by atoms with Gasteiger partial charge in [-0.2, -0.15) is 0 Å². The summed E-state index contributed by atoms with van der Waals surface area (Å²) in [5, 5.41) is 3.00. The lowest BCUT2D eigenvalue weighted by Gasteiger charge is -1.89. The zero-order chi connectivity index (χ0) is 6.78. The third kappa shape index (κ3) is 2.15. The van der Waals surface area contributed by atoms with Crippen LogP contribution in [0.15, 0.2) is 0 Å². The standard InChI is InChI=1S/CH4N2O3S2/c2-8(5,6)1(4)3-7/h7H,(H,3,4)(H2,2,5,6). The van der Waals surface area contributed by atoms with Crippen molar-refractivity contribution in [3.05, 3.63) is 0 Å². The molecule has 0 aromatic rings. The maximum Gasteiger partial charge on any atom is 0.360 e. The zero-order valence-electron chi connectivity index (χ0n) is 3.66. The molecule has 0 atom stereocenters. The molecule has 0 saturated carbocycles. The van der Waals surface area contributed by atoms with Crippen molar-refractivity contribution in [3.8, 4) is 0 Å². The van der Waals surface area contributed by atoms with Crippen LogP contribution in [-0.4, -0.2) is 13.7 Å². The number of rotatable bonds is 0. The summed E-state index contributed by atoms with van der Waals surface area (Å²) in [5.74, 6) is 0. The summed E-state index contributed by atoms with van der Waals surface area (Å²) in [6.07, 6.45) is 0. The summed E-state index contributed by atoms with van der Waals surface area (Å²) in [7, 11) is -4.08.